The Balaban J connectivity index is 2.12. The molecule has 0 aliphatic rings. The molecule has 3 nitrogen and oxygen atoms in total. The second-order valence-corrected chi connectivity index (χ2v) is 6.71. The number of benzene rings is 2. The van der Waals surface area contributed by atoms with Crippen molar-refractivity contribution in [3.05, 3.63) is 57.6 Å². The number of ether oxygens (including phenoxy) is 2. The molecule has 0 atom stereocenters. The van der Waals surface area contributed by atoms with Crippen molar-refractivity contribution < 1.29 is 9.47 Å². The first kappa shape index (κ1) is 18.9. The predicted molar refractivity (Wildman–Crippen MR) is 101 cm³/mol. The van der Waals surface area contributed by atoms with E-state index in [2.05, 4.69) is 25.1 Å². The van der Waals surface area contributed by atoms with E-state index in [1.165, 1.54) is 0 Å². The summed E-state index contributed by atoms with van der Waals surface area (Å²) in [5.41, 5.74) is 2.12. The van der Waals surface area contributed by atoms with Crippen LogP contribution in [0.2, 0.25) is 10.0 Å². The average Bonchev–Trinajstić information content (AvgIpc) is 2.56. The number of para-hydroxylation sites is 1. The molecule has 2 aromatic rings. The number of aryl methyl sites for hydroxylation is 1. The molecule has 0 amide bonds. The van der Waals surface area contributed by atoms with Crippen molar-refractivity contribution in [3.63, 3.8) is 0 Å². The van der Waals surface area contributed by atoms with Gasteiger partial charge in [-0.1, -0.05) is 41.4 Å². The highest BCUT2D eigenvalue weighted by molar-refractivity contribution is 6.42. The Kier molecular flexibility index (Phi) is 7.22. The van der Waals surface area contributed by atoms with Crippen LogP contribution in [0.1, 0.15) is 17.5 Å². The maximum atomic E-state index is 6.07. The molecule has 0 unspecified atom stereocenters. The summed E-state index contributed by atoms with van der Waals surface area (Å²) in [5.74, 6) is 1.54. The van der Waals surface area contributed by atoms with Gasteiger partial charge in [-0.2, -0.15) is 0 Å². The van der Waals surface area contributed by atoms with Gasteiger partial charge in [0.1, 0.15) is 6.61 Å². The molecule has 2 aromatic carbocycles. The highest BCUT2D eigenvalue weighted by Gasteiger charge is 2.11. The van der Waals surface area contributed by atoms with Gasteiger partial charge in [0.05, 0.1) is 17.2 Å². The standard InChI is InChI=1S/C19H23Cl2NO2/c1-22(2)11-5-7-15-6-4-8-18(23-3)19(15)24-13-14-9-10-16(20)17(21)12-14/h4,6,8-10,12H,5,7,11,13H2,1-3H3. The van der Waals surface area contributed by atoms with Crippen LogP contribution >= 0.6 is 23.2 Å². The number of rotatable bonds is 8. The van der Waals surface area contributed by atoms with Gasteiger partial charge in [-0.05, 0) is 62.8 Å². The first-order valence-corrected chi connectivity index (χ1v) is 8.64. The monoisotopic (exact) mass is 367 g/mol. The van der Waals surface area contributed by atoms with Crippen LogP contribution in [-0.4, -0.2) is 32.6 Å². The van der Waals surface area contributed by atoms with Gasteiger partial charge in [-0.25, -0.2) is 0 Å². The minimum atomic E-state index is 0.415. The Morgan fingerprint density at radius 3 is 2.50 bits per heavy atom. The largest absolute Gasteiger partial charge is 0.493 e. The summed E-state index contributed by atoms with van der Waals surface area (Å²) in [6, 6.07) is 11.5. The Bertz CT molecular complexity index is 674. The smallest absolute Gasteiger partial charge is 0.164 e. The van der Waals surface area contributed by atoms with Crippen LogP contribution in [0.4, 0.5) is 0 Å². The lowest BCUT2D eigenvalue weighted by Gasteiger charge is -2.16. The molecule has 0 aliphatic heterocycles. The second kappa shape index (κ2) is 9.16. The first-order valence-electron chi connectivity index (χ1n) is 7.88. The third kappa shape index (κ3) is 5.30. The predicted octanol–water partition coefficient (Wildman–Crippen LogP) is 5.08. The quantitative estimate of drug-likeness (QED) is 0.649. The van der Waals surface area contributed by atoms with E-state index in [1.807, 2.05) is 24.3 Å². The van der Waals surface area contributed by atoms with Gasteiger partial charge in [0.25, 0.3) is 0 Å². The summed E-state index contributed by atoms with van der Waals surface area (Å²) in [6.45, 7) is 1.45. The fraction of sp³-hybridized carbons (Fsp3) is 0.368. The molecule has 130 valence electrons. The molecule has 24 heavy (non-hydrogen) atoms. The van der Waals surface area contributed by atoms with Crippen molar-refractivity contribution in [3.8, 4) is 11.5 Å². The fourth-order valence-corrected chi connectivity index (χ4v) is 2.77. The molecule has 0 saturated heterocycles. The summed E-state index contributed by atoms with van der Waals surface area (Å²) in [5, 5.41) is 1.08. The zero-order valence-electron chi connectivity index (χ0n) is 14.3. The molecule has 0 N–H and O–H groups in total. The van der Waals surface area contributed by atoms with Gasteiger partial charge in [-0.15, -0.1) is 0 Å². The molecular formula is C19H23Cl2NO2. The number of halogens is 2. The van der Waals surface area contributed by atoms with Gasteiger partial charge in [0, 0.05) is 0 Å². The Morgan fingerprint density at radius 2 is 1.83 bits per heavy atom. The fourth-order valence-electron chi connectivity index (χ4n) is 2.45. The lowest BCUT2D eigenvalue weighted by Crippen LogP contribution is -2.13. The average molecular weight is 368 g/mol. The van der Waals surface area contributed by atoms with Crippen LogP contribution in [-0.2, 0) is 13.0 Å². The SMILES string of the molecule is COc1cccc(CCCN(C)C)c1OCc1ccc(Cl)c(Cl)c1. The van der Waals surface area contributed by atoms with E-state index < -0.39 is 0 Å². The molecule has 0 aliphatic carbocycles. The van der Waals surface area contributed by atoms with E-state index in [-0.39, 0.29) is 0 Å². The van der Waals surface area contributed by atoms with Crippen LogP contribution in [0.5, 0.6) is 11.5 Å². The summed E-state index contributed by atoms with van der Waals surface area (Å²) < 4.78 is 11.5. The molecule has 0 saturated carbocycles. The maximum Gasteiger partial charge on any atom is 0.164 e. The number of hydrogen-bond acceptors (Lipinski definition) is 3. The van der Waals surface area contributed by atoms with Crippen molar-refractivity contribution in [2.75, 3.05) is 27.7 Å². The zero-order valence-corrected chi connectivity index (χ0v) is 15.8. The molecule has 5 heteroatoms. The summed E-state index contributed by atoms with van der Waals surface area (Å²) in [6.07, 6.45) is 2.00. The van der Waals surface area contributed by atoms with Gasteiger partial charge in [0.15, 0.2) is 11.5 Å². The maximum absolute atomic E-state index is 6.07. The highest BCUT2D eigenvalue weighted by Crippen LogP contribution is 2.33. The Hall–Kier alpha value is -1.42. The topological polar surface area (TPSA) is 21.7 Å². The number of methoxy groups -OCH3 is 1. The molecular weight excluding hydrogens is 345 g/mol. The summed E-state index contributed by atoms with van der Waals surface area (Å²) >= 11 is 12.0. The van der Waals surface area contributed by atoms with Crippen LogP contribution in [0.3, 0.4) is 0 Å². The molecule has 0 aromatic heterocycles. The second-order valence-electron chi connectivity index (χ2n) is 5.89. The van der Waals surface area contributed by atoms with Crippen molar-refractivity contribution in [2.45, 2.75) is 19.4 Å². The lowest BCUT2D eigenvalue weighted by molar-refractivity contribution is 0.280. The van der Waals surface area contributed by atoms with E-state index >= 15 is 0 Å². The lowest BCUT2D eigenvalue weighted by atomic mass is 10.1. The van der Waals surface area contributed by atoms with E-state index in [0.717, 1.165) is 42.0 Å². The van der Waals surface area contributed by atoms with E-state index in [9.17, 15) is 0 Å². The molecule has 0 fully saturated rings. The van der Waals surface area contributed by atoms with Gasteiger partial charge in [-0.3, -0.25) is 0 Å². The van der Waals surface area contributed by atoms with Crippen molar-refractivity contribution in [2.24, 2.45) is 0 Å². The third-order valence-corrected chi connectivity index (χ3v) is 4.44. The molecule has 0 heterocycles. The van der Waals surface area contributed by atoms with Crippen LogP contribution in [0, 0.1) is 0 Å². The van der Waals surface area contributed by atoms with Crippen LogP contribution in [0.25, 0.3) is 0 Å². The Labute approximate surface area is 154 Å². The highest BCUT2D eigenvalue weighted by atomic mass is 35.5. The van der Waals surface area contributed by atoms with E-state index in [0.29, 0.717) is 16.7 Å². The number of nitrogens with zero attached hydrogens (tertiary/aromatic N) is 1. The summed E-state index contributed by atoms with van der Waals surface area (Å²) in [4.78, 5) is 2.18. The molecule has 2 rings (SSSR count). The minimum absolute atomic E-state index is 0.415. The zero-order chi connectivity index (χ0) is 17.5. The minimum Gasteiger partial charge on any atom is -0.493 e. The summed E-state index contributed by atoms with van der Waals surface area (Å²) in [7, 11) is 5.81. The number of hydrogen-bond donors (Lipinski definition) is 0. The first-order chi connectivity index (χ1) is 11.5. The van der Waals surface area contributed by atoms with E-state index in [4.69, 9.17) is 32.7 Å². The van der Waals surface area contributed by atoms with Crippen LogP contribution in [0.15, 0.2) is 36.4 Å². The van der Waals surface area contributed by atoms with Gasteiger partial charge >= 0.3 is 0 Å². The molecule has 0 radical (unpaired) electrons. The van der Waals surface area contributed by atoms with Crippen molar-refractivity contribution in [1.29, 1.82) is 0 Å². The molecule has 0 spiro atoms. The normalized spacial score (nSPS) is 10.9. The van der Waals surface area contributed by atoms with Crippen molar-refractivity contribution in [1.82, 2.24) is 4.90 Å². The molecule has 0 bridgehead atoms. The van der Waals surface area contributed by atoms with Gasteiger partial charge in [0.2, 0.25) is 0 Å². The third-order valence-electron chi connectivity index (χ3n) is 3.70. The van der Waals surface area contributed by atoms with Crippen LogP contribution < -0.4 is 9.47 Å². The van der Waals surface area contributed by atoms with E-state index in [1.54, 1.807) is 13.2 Å². The van der Waals surface area contributed by atoms with Gasteiger partial charge < -0.3 is 14.4 Å². The Morgan fingerprint density at radius 1 is 1.04 bits per heavy atom. The van der Waals surface area contributed by atoms with Crippen molar-refractivity contribution >= 4 is 23.2 Å².